The summed E-state index contributed by atoms with van der Waals surface area (Å²) in [6.07, 6.45) is 1.21. The SMILES string of the molecule is CCC1CNC(C(C)C)CN1Cc1csc(C)n1. The number of hydrogen-bond donors (Lipinski definition) is 1. The quantitative estimate of drug-likeness (QED) is 0.909. The lowest BCUT2D eigenvalue weighted by molar-refractivity contribution is 0.102. The molecule has 0 amide bonds. The Labute approximate surface area is 115 Å². The molecule has 102 valence electrons. The Bertz CT molecular complexity index is 375. The van der Waals surface area contributed by atoms with Gasteiger partial charge in [0, 0.05) is 37.1 Å². The zero-order valence-electron chi connectivity index (χ0n) is 11.9. The molecule has 4 heteroatoms. The fraction of sp³-hybridized carbons (Fsp3) is 0.786. The second-order valence-electron chi connectivity index (χ2n) is 5.61. The molecule has 0 aromatic carbocycles. The molecular formula is C14H25N3S. The van der Waals surface area contributed by atoms with E-state index in [4.69, 9.17) is 0 Å². The standard InChI is InChI=1S/C14H25N3S/c1-5-13-6-15-14(10(2)3)8-17(13)7-12-9-18-11(4)16-12/h9-10,13-15H,5-8H2,1-4H3. The maximum absolute atomic E-state index is 4.60. The lowest BCUT2D eigenvalue weighted by Crippen LogP contribution is -2.57. The summed E-state index contributed by atoms with van der Waals surface area (Å²) in [4.78, 5) is 7.21. The van der Waals surface area contributed by atoms with E-state index in [-0.39, 0.29) is 0 Å². The molecule has 0 saturated carbocycles. The van der Waals surface area contributed by atoms with Crippen LogP contribution in [0.15, 0.2) is 5.38 Å². The predicted octanol–water partition coefficient (Wildman–Crippen LogP) is 2.66. The molecule has 2 atom stereocenters. The minimum atomic E-state index is 0.618. The molecule has 1 saturated heterocycles. The number of nitrogens with one attached hydrogen (secondary N) is 1. The summed E-state index contributed by atoms with van der Waals surface area (Å²) in [5.74, 6) is 0.697. The molecule has 0 spiro atoms. The third kappa shape index (κ3) is 3.31. The Morgan fingerprint density at radius 2 is 2.33 bits per heavy atom. The number of aryl methyl sites for hydroxylation is 1. The third-order valence-electron chi connectivity index (χ3n) is 3.87. The first-order valence-electron chi connectivity index (χ1n) is 6.98. The average Bonchev–Trinajstić information content (AvgIpc) is 2.74. The second-order valence-corrected chi connectivity index (χ2v) is 6.67. The monoisotopic (exact) mass is 267 g/mol. The Balaban J connectivity index is 2.02. The Kier molecular flexibility index (Phi) is 4.76. The van der Waals surface area contributed by atoms with Crippen LogP contribution >= 0.6 is 11.3 Å². The van der Waals surface area contributed by atoms with Crippen LogP contribution in [0.2, 0.25) is 0 Å². The summed E-state index contributed by atoms with van der Waals surface area (Å²) >= 11 is 1.76. The van der Waals surface area contributed by atoms with Gasteiger partial charge in [0.05, 0.1) is 10.7 Å². The zero-order valence-corrected chi connectivity index (χ0v) is 12.8. The molecule has 1 aliphatic heterocycles. The largest absolute Gasteiger partial charge is 0.311 e. The van der Waals surface area contributed by atoms with Crippen molar-refractivity contribution in [1.29, 1.82) is 0 Å². The normalized spacial score (nSPS) is 25.8. The number of nitrogens with zero attached hydrogens (tertiary/aromatic N) is 2. The molecule has 2 unspecified atom stereocenters. The fourth-order valence-corrected chi connectivity index (χ4v) is 3.22. The first-order chi connectivity index (χ1) is 8.60. The van der Waals surface area contributed by atoms with E-state index in [0.29, 0.717) is 18.0 Å². The van der Waals surface area contributed by atoms with Crippen molar-refractivity contribution in [2.24, 2.45) is 5.92 Å². The summed E-state index contributed by atoms with van der Waals surface area (Å²) in [6, 6.07) is 1.27. The van der Waals surface area contributed by atoms with Gasteiger partial charge < -0.3 is 5.32 Å². The van der Waals surface area contributed by atoms with Crippen LogP contribution in [0, 0.1) is 12.8 Å². The van der Waals surface area contributed by atoms with Crippen molar-refractivity contribution in [2.75, 3.05) is 13.1 Å². The molecule has 1 aromatic rings. The van der Waals surface area contributed by atoms with Crippen LogP contribution < -0.4 is 5.32 Å². The number of piperazine rings is 1. The summed E-state index contributed by atoms with van der Waals surface area (Å²) in [7, 11) is 0. The minimum absolute atomic E-state index is 0.618. The van der Waals surface area contributed by atoms with Crippen molar-refractivity contribution in [2.45, 2.75) is 52.7 Å². The number of rotatable bonds is 4. The number of hydrogen-bond acceptors (Lipinski definition) is 4. The number of thiazole rings is 1. The molecule has 1 fully saturated rings. The molecular weight excluding hydrogens is 242 g/mol. The van der Waals surface area contributed by atoms with E-state index in [1.807, 2.05) is 0 Å². The van der Waals surface area contributed by atoms with Gasteiger partial charge in [0.1, 0.15) is 0 Å². The fourth-order valence-electron chi connectivity index (χ4n) is 2.61. The number of aromatic nitrogens is 1. The summed E-state index contributed by atoms with van der Waals surface area (Å²) in [6.45, 7) is 12.2. The van der Waals surface area contributed by atoms with Crippen LogP contribution in [0.5, 0.6) is 0 Å². The minimum Gasteiger partial charge on any atom is -0.311 e. The van der Waals surface area contributed by atoms with Gasteiger partial charge in [0.15, 0.2) is 0 Å². The third-order valence-corrected chi connectivity index (χ3v) is 4.69. The van der Waals surface area contributed by atoms with Crippen molar-refractivity contribution >= 4 is 11.3 Å². The molecule has 0 radical (unpaired) electrons. The van der Waals surface area contributed by atoms with Gasteiger partial charge in [-0.2, -0.15) is 0 Å². The summed E-state index contributed by atoms with van der Waals surface area (Å²) in [5.41, 5.74) is 1.24. The Morgan fingerprint density at radius 3 is 2.89 bits per heavy atom. The Morgan fingerprint density at radius 1 is 1.56 bits per heavy atom. The highest BCUT2D eigenvalue weighted by atomic mass is 32.1. The van der Waals surface area contributed by atoms with Crippen molar-refractivity contribution in [3.8, 4) is 0 Å². The van der Waals surface area contributed by atoms with Crippen LogP contribution in [0.3, 0.4) is 0 Å². The predicted molar refractivity (Wildman–Crippen MR) is 78.0 cm³/mol. The van der Waals surface area contributed by atoms with E-state index < -0.39 is 0 Å². The zero-order chi connectivity index (χ0) is 13.1. The van der Waals surface area contributed by atoms with E-state index in [1.165, 1.54) is 17.1 Å². The van der Waals surface area contributed by atoms with Crippen LogP contribution in [0.25, 0.3) is 0 Å². The highest BCUT2D eigenvalue weighted by Crippen LogP contribution is 2.18. The van der Waals surface area contributed by atoms with Gasteiger partial charge >= 0.3 is 0 Å². The van der Waals surface area contributed by atoms with Crippen molar-refractivity contribution in [3.63, 3.8) is 0 Å². The topological polar surface area (TPSA) is 28.2 Å². The molecule has 18 heavy (non-hydrogen) atoms. The highest BCUT2D eigenvalue weighted by Gasteiger charge is 2.28. The molecule has 0 aliphatic carbocycles. The first-order valence-corrected chi connectivity index (χ1v) is 7.86. The highest BCUT2D eigenvalue weighted by molar-refractivity contribution is 7.09. The van der Waals surface area contributed by atoms with E-state index in [0.717, 1.165) is 19.6 Å². The second kappa shape index (κ2) is 6.13. The first kappa shape index (κ1) is 14.0. The van der Waals surface area contributed by atoms with Crippen LogP contribution in [0.4, 0.5) is 0 Å². The smallest absolute Gasteiger partial charge is 0.0897 e. The van der Waals surface area contributed by atoms with E-state index in [1.54, 1.807) is 11.3 Å². The molecule has 2 rings (SSSR count). The van der Waals surface area contributed by atoms with Crippen LogP contribution in [-0.4, -0.2) is 35.1 Å². The van der Waals surface area contributed by atoms with Crippen LogP contribution in [0.1, 0.15) is 37.9 Å². The summed E-state index contributed by atoms with van der Waals surface area (Å²) < 4.78 is 0. The van der Waals surface area contributed by atoms with Crippen molar-refractivity contribution in [3.05, 3.63) is 16.1 Å². The Hall–Kier alpha value is -0.450. The van der Waals surface area contributed by atoms with E-state index in [2.05, 4.69) is 48.3 Å². The maximum Gasteiger partial charge on any atom is 0.0897 e. The molecule has 3 nitrogen and oxygen atoms in total. The van der Waals surface area contributed by atoms with Gasteiger partial charge in [-0.05, 0) is 19.3 Å². The van der Waals surface area contributed by atoms with Crippen LogP contribution in [-0.2, 0) is 6.54 Å². The van der Waals surface area contributed by atoms with Crippen molar-refractivity contribution < 1.29 is 0 Å². The van der Waals surface area contributed by atoms with Gasteiger partial charge in [-0.3, -0.25) is 4.90 Å². The van der Waals surface area contributed by atoms with E-state index in [9.17, 15) is 0 Å². The van der Waals surface area contributed by atoms with Gasteiger partial charge in [0.25, 0.3) is 0 Å². The van der Waals surface area contributed by atoms with Gasteiger partial charge in [-0.1, -0.05) is 20.8 Å². The summed E-state index contributed by atoms with van der Waals surface area (Å²) in [5, 5.41) is 7.06. The maximum atomic E-state index is 4.60. The molecule has 2 heterocycles. The van der Waals surface area contributed by atoms with Gasteiger partial charge in [0.2, 0.25) is 0 Å². The molecule has 1 aromatic heterocycles. The van der Waals surface area contributed by atoms with E-state index >= 15 is 0 Å². The molecule has 1 aliphatic rings. The lowest BCUT2D eigenvalue weighted by atomic mass is 9.98. The van der Waals surface area contributed by atoms with Gasteiger partial charge in [-0.15, -0.1) is 11.3 Å². The molecule has 0 bridgehead atoms. The molecule has 1 N–H and O–H groups in total. The van der Waals surface area contributed by atoms with Crippen molar-refractivity contribution in [1.82, 2.24) is 15.2 Å². The van der Waals surface area contributed by atoms with Gasteiger partial charge in [-0.25, -0.2) is 4.98 Å². The lowest BCUT2D eigenvalue weighted by Gasteiger charge is -2.41. The average molecular weight is 267 g/mol.